The minimum atomic E-state index is -0.788. The van der Waals surface area contributed by atoms with Gasteiger partial charge in [-0.25, -0.2) is 0 Å². The van der Waals surface area contributed by atoms with Gasteiger partial charge in [0.2, 0.25) is 0 Å². The first kappa shape index (κ1) is 19.5. The van der Waals surface area contributed by atoms with Gasteiger partial charge in [-0.05, 0) is 27.7 Å². The molecular formula is C11H23ClN2O4. The second-order valence-corrected chi connectivity index (χ2v) is 4.58. The third-order valence-corrected chi connectivity index (χ3v) is 1.65. The van der Waals surface area contributed by atoms with Gasteiger partial charge in [0.1, 0.15) is 11.6 Å². The van der Waals surface area contributed by atoms with Crippen LogP contribution >= 0.6 is 12.4 Å². The Labute approximate surface area is 114 Å². The van der Waals surface area contributed by atoms with E-state index in [0.29, 0.717) is 6.61 Å². The molecule has 1 unspecified atom stereocenters. The Kier molecular flexibility index (Phi) is 9.88. The van der Waals surface area contributed by atoms with Crippen molar-refractivity contribution in [2.45, 2.75) is 39.3 Å². The van der Waals surface area contributed by atoms with Gasteiger partial charge < -0.3 is 20.5 Å². The van der Waals surface area contributed by atoms with Gasteiger partial charge in [0.05, 0.1) is 13.2 Å². The van der Waals surface area contributed by atoms with Crippen LogP contribution < -0.4 is 11.1 Å². The Morgan fingerprint density at radius 1 is 1.33 bits per heavy atom. The van der Waals surface area contributed by atoms with E-state index in [9.17, 15) is 9.59 Å². The van der Waals surface area contributed by atoms with Gasteiger partial charge in [0, 0.05) is 6.54 Å². The maximum atomic E-state index is 11.5. The lowest BCUT2D eigenvalue weighted by Crippen LogP contribution is -2.45. The molecule has 0 spiro atoms. The van der Waals surface area contributed by atoms with Crippen molar-refractivity contribution in [2.24, 2.45) is 5.73 Å². The second-order valence-electron chi connectivity index (χ2n) is 4.58. The molecule has 0 saturated heterocycles. The molecule has 0 saturated carbocycles. The molecule has 0 fully saturated rings. The van der Waals surface area contributed by atoms with Crippen molar-refractivity contribution in [1.29, 1.82) is 0 Å². The van der Waals surface area contributed by atoms with Crippen molar-refractivity contribution in [3.63, 3.8) is 0 Å². The zero-order valence-corrected chi connectivity index (χ0v) is 12.1. The van der Waals surface area contributed by atoms with E-state index in [2.05, 4.69) is 5.32 Å². The number of ether oxygens (including phenoxy) is 2. The van der Waals surface area contributed by atoms with Gasteiger partial charge in [-0.2, -0.15) is 0 Å². The van der Waals surface area contributed by atoms with Crippen molar-refractivity contribution in [3.05, 3.63) is 0 Å². The maximum Gasteiger partial charge on any atom is 0.324 e. The molecule has 6 nitrogen and oxygen atoms in total. The zero-order valence-electron chi connectivity index (χ0n) is 11.3. The fourth-order valence-electron chi connectivity index (χ4n) is 1.00. The summed E-state index contributed by atoms with van der Waals surface area (Å²) in [6, 6.07) is -0.788. The molecule has 0 rings (SSSR count). The molecule has 0 aromatic carbocycles. The van der Waals surface area contributed by atoms with Crippen molar-refractivity contribution in [1.82, 2.24) is 5.32 Å². The summed E-state index contributed by atoms with van der Waals surface area (Å²) >= 11 is 0. The van der Waals surface area contributed by atoms with E-state index >= 15 is 0 Å². The summed E-state index contributed by atoms with van der Waals surface area (Å²) in [4.78, 5) is 22.4. The van der Waals surface area contributed by atoms with Gasteiger partial charge in [-0.1, -0.05) is 0 Å². The quantitative estimate of drug-likeness (QED) is 0.678. The molecule has 3 N–H and O–H groups in total. The lowest BCUT2D eigenvalue weighted by molar-refractivity contribution is -0.156. The van der Waals surface area contributed by atoms with Crippen LogP contribution in [0.15, 0.2) is 0 Å². The van der Waals surface area contributed by atoms with E-state index in [1.165, 1.54) is 0 Å². The third kappa shape index (κ3) is 10.3. The lowest BCUT2D eigenvalue weighted by atomic mass is 10.2. The van der Waals surface area contributed by atoms with E-state index in [0.717, 1.165) is 0 Å². The summed E-state index contributed by atoms with van der Waals surface area (Å²) in [6.07, 6.45) is 0. The van der Waals surface area contributed by atoms with Crippen molar-refractivity contribution < 1.29 is 19.1 Å². The fraction of sp³-hybridized carbons (Fsp3) is 0.818. The Bertz CT molecular complexity index is 266. The molecule has 0 aromatic heterocycles. The lowest BCUT2D eigenvalue weighted by Gasteiger charge is -2.22. The van der Waals surface area contributed by atoms with Crippen LogP contribution in [0.25, 0.3) is 0 Å². The van der Waals surface area contributed by atoms with E-state index in [4.69, 9.17) is 15.2 Å². The molecule has 0 aliphatic heterocycles. The first-order chi connectivity index (χ1) is 7.76. The van der Waals surface area contributed by atoms with E-state index in [1.807, 2.05) is 0 Å². The second kappa shape index (κ2) is 9.13. The molecule has 108 valence electrons. The molecule has 0 bridgehead atoms. The topological polar surface area (TPSA) is 90.6 Å². The van der Waals surface area contributed by atoms with Gasteiger partial charge in [0.25, 0.3) is 0 Å². The number of hydrogen-bond donors (Lipinski definition) is 2. The highest BCUT2D eigenvalue weighted by molar-refractivity contribution is 5.85. The van der Waals surface area contributed by atoms with Gasteiger partial charge in [0.15, 0.2) is 0 Å². The van der Waals surface area contributed by atoms with Gasteiger partial charge in [-0.3, -0.25) is 9.59 Å². The molecule has 0 aromatic rings. The Hall–Kier alpha value is -0.850. The van der Waals surface area contributed by atoms with Crippen LogP contribution in [0, 0.1) is 0 Å². The highest BCUT2D eigenvalue weighted by Crippen LogP contribution is 2.07. The number of esters is 2. The van der Waals surface area contributed by atoms with Crippen LogP contribution in [0.2, 0.25) is 0 Å². The molecule has 7 heteroatoms. The van der Waals surface area contributed by atoms with Gasteiger partial charge >= 0.3 is 11.9 Å². The molecular weight excluding hydrogens is 260 g/mol. The SMILES string of the molecule is CCOC(=O)CNCC(N)C(=O)OC(C)(C)C.Cl. The number of halogens is 1. The molecule has 0 amide bonds. The summed E-state index contributed by atoms with van der Waals surface area (Å²) in [7, 11) is 0. The Morgan fingerprint density at radius 3 is 2.33 bits per heavy atom. The fourth-order valence-corrected chi connectivity index (χ4v) is 1.00. The molecule has 1 atom stereocenters. The number of nitrogens with two attached hydrogens (primary N) is 1. The monoisotopic (exact) mass is 282 g/mol. The third-order valence-electron chi connectivity index (χ3n) is 1.65. The van der Waals surface area contributed by atoms with E-state index < -0.39 is 17.6 Å². The highest BCUT2D eigenvalue weighted by Gasteiger charge is 2.21. The minimum Gasteiger partial charge on any atom is -0.465 e. The van der Waals surface area contributed by atoms with Crippen LogP contribution in [-0.4, -0.2) is 43.3 Å². The zero-order chi connectivity index (χ0) is 13.5. The number of carbonyl (C=O) groups excluding carboxylic acids is 2. The molecule has 0 aliphatic rings. The molecule has 18 heavy (non-hydrogen) atoms. The van der Waals surface area contributed by atoms with Crippen molar-refractivity contribution in [2.75, 3.05) is 19.7 Å². The molecule has 0 heterocycles. The first-order valence-corrected chi connectivity index (χ1v) is 5.61. The molecule has 0 radical (unpaired) electrons. The molecule has 0 aliphatic carbocycles. The number of rotatable bonds is 6. The number of nitrogens with one attached hydrogen (secondary N) is 1. The summed E-state index contributed by atoms with van der Waals surface area (Å²) in [5, 5.41) is 2.74. The highest BCUT2D eigenvalue weighted by atomic mass is 35.5. The maximum absolute atomic E-state index is 11.5. The van der Waals surface area contributed by atoms with Crippen molar-refractivity contribution in [3.8, 4) is 0 Å². The number of hydrogen-bond acceptors (Lipinski definition) is 6. The summed E-state index contributed by atoms with van der Waals surface area (Å²) < 4.78 is 9.79. The summed E-state index contributed by atoms with van der Waals surface area (Å²) in [5.41, 5.74) is 5.04. The smallest absolute Gasteiger partial charge is 0.324 e. The Morgan fingerprint density at radius 2 is 1.89 bits per heavy atom. The van der Waals surface area contributed by atoms with Crippen LogP contribution in [0.5, 0.6) is 0 Å². The predicted octanol–water partition coefficient (Wildman–Crippen LogP) is 0.230. The van der Waals surface area contributed by atoms with Gasteiger partial charge in [-0.15, -0.1) is 12.4 Å². The summed E-state index contributed by atoms with van der Waals surface area (Å²) in [6.45, 7) is 7.57. The van der Waals surface area contributed by atoms with Crippen LogP contribution in [0.4, 0.5) is 0 Å². The first-order valence-electron chi connectivity index (χ1n) is 5.61. The Balaban J connectivity index is 0. The van der Waals surface area contributed by atoms with Crippen LogP contribution in [0.3, 0.4) is 0 Å². The number of carbonyl (C=O) groups is 2. The average molecular weight is 283 g/mol. The van der Waals surface area contributed by atoms with Crippen LogP contribution in [-0.2, 0) is 19.1 Å². The average Bonchev–Trinajstić information content (AvgIpc) is 2.15. The summed E-state index contributed by atoms with van der Waals surface area (Å²) in [5.74, 6) is -0.863. The van der Waals surface area contributed by atoms with E-state index in [-0.39, 0.29) is 31.5 Å². The van der Waals surface area contributed by atoms with Crippen molar-refractivity contribution >= 4 is 24.3 Å². The van der Waals surface area contributed by atoms with Crippen LogP contribution in [0.1, 0.15) is 27.7 Å². The van der Waals surface area contributed by atoms with E-state index in [1.54, 1.807) is 27.7 Å². The standard InChI is InChI=1S/C11H22N2O4.ClH/c1-5-16-9(14)7-13-6-8(12)10(15)17-11(2,3)4;/h8,13H,5-7,12H2,1-4H3;1H. The predicted molar refractivity (Wildman–Crippen MR) is 70.6 cm³/mol. The normalized spacial score (nSPS) is 12.3. The minimum absolute atomic E-state index is 0. The largest absolute Gasteiger partial charge is 0.465 e.